The lowest BCUT2D eigenvalue weighted by atomic mass is 9.96. The van der Waals surface area contributed by atoms with E-state index in [4.69, 9.17) is 14.7 Å². The molecule has 0 saturated heterocycles. The van der Waals surface area contributed by atoms with Crippen LogP contribution < -0.4 is 4.74 Å². The average molecular weight is 439 g/mol. The van der Waals surface area contributed by atoms with Gasteiger partial charge in [-0.1, -0.05) is 17.3 Å². The Hall–Kier alpha value is -3.68. The molecule has 0 aliphatic carbocycles. The van der Waals surface area contributed by atoms with Gasteiger partial charge in [0.15, 0.2) is 0 Å². The largest absolute Gasteiger partial charge is 0.497 e. The maximum Gasteiger partial charge on any atom is 0.303 e. The summed E-state index contributed by atoms with van der Waals surface area (Å²) in [6.07, 6.45) is 6.99. The number of benzene rings is 2. The average Bonchev–Trinajstić information content (AvgIpc) is 3.33. The molecule has 1 heterocycles. The van der Waals surface area contributed by atoms with Crippen LogP contribution in [0, 0.1) is 5.82 Å². The van der Waals surface area contributed by atoms with Crippen LogP contribution in [-0.2, 0) is 16.1 Å². The van der Waals surface area contributed by atoms with E-state index in [0.717, 1.165) is 16.9 Å². The number of carbonyl (C=O) groups is 1. The number of hydrogen-bond donors (Lipinski definition) is 1. The number of unbranched alkanes of at least 4 members (excludes halogenated alkanes) is 1. The van der Waals surface area contributed by atoms with E-state index >= 15 is 0 Å². The van der Waals surface area contributed by atoms with Crippen molar-refractivity contribution in [3.05, 3.63) is 84.2 Å². The van der Waals surface area contributed by atoms with Gasteiger partial charge in [-0.15, -0.1) is 0 Å². The molecule has 0 fully saturated rings. The van der Waals surface area contributed by atoms with E-state index in [2.05, 4.69) is 10.1 Å². The number of methoxy groups -OCH3 is 1. The number of nitrogens with zero attached hydrogens (tertiary/aromatic N) is 3. The lowest BCUT2D eigenvalue weighted by Gasteiger charge is -2.21. The monoisotopic (exact) mass is 439 g/mol. The molecule has 0 saturated carbocycles. The first-order valence-corrected chi connectivity index (χ1v) is 10.3. The van der Waals surface area contributed by atoms with Crippen LogP contribution in [0.5, 0.6) is 5.75 Å². The molecule has 3 rings (SSSR count). The lowest BCUT2D eigenvalue weighted by Crippen LogP contribution is -2.23. The van der Waals surface area contributed by atoms with E-state index in [0.29, 0.717) is 31.6 Å². The Balaban J connectivity index is 1.88. The topological polar surface area (TPSA) is 85.9 Å². The van der Waals surface area contributed by atoms with Gasteiger partial charge in [-0.25, -0.2) is 9.37 Å². The van der Waals surface area contributed by atoms with Crippen LogP contribution in [0.1, 0.15) is 36.4 Å². The zero-order valence-corrected chi connectivity index (χ0v) is 17.9. The molecule has 168 valence electrons. The summed E-state index contributed by atoms with van der Waals surface area (Å²) in [6.45, 7) is 0.306. The maximum atomic E-state index is 13.4. The van der Waals surface area contributed by atoms with E-state index in [1.807, 2.05) is 35.0 Å². The van der Waals surface area contributed by atoms with Crippen molar-refractivity contribution in [2.75, 3.05) is 13.7 Å². The number of carboxylic acids is 1. The second-order valence-corrected chi connectivity index (χ2v) is 7.25. The summed E-state index contributed by atoms with van der Waals surface area (Å²) < 4.78 is 20.6. The fourth-order valence-corrected chi connectivity index (χ4v) is 3.27. The Morgan fingerprint density at radius 3 is 2.53 bits per heavy atom. The van der Waals surface area contributed by atoms with Crippen molar-refractivity contribution in [3.8, 4) is 5.75 Å². The highest BCUT2D eigenvalue weighted by molar-refractivity contribution is 6.03. The van der Waals surface area contributed by atoms with Gasteiger partial charge in [-0.05, 0) is 61.2 Å². The van der Waals surface area contributed by atoms with E-state index in [-0.39, 0.29) is 18.3 Å². The lowest BCUT2D eigenvalue weighted by molar-refractivity contribution is -0.137. The molecule has 0 bridgehead atoms. The smallest absolute Gasteiger partial charge is 0.303 e. The fraction of sp³-hybridized carbons (Fsp3) is 0.292. The summed E-state index contributed by atoms with van der Waals surface area (Å²) in [5.74, 6) is -0.394. The molecule has 0 radical (unpaired) electrons. The zero-order chi connectivity index (χ0) is 22.8. The van der Waals surface area contributed by atoms with Crippen molar-refractivity contribution < 1.29 is 23.9 Å². The van der Waals surface area contributed by atoms with Crippen molar-refractivity contribution in [2.24, 2.45) is 5.16 Å². The predicted octanol–water partition coefficient (Wildman–Crippen LogP) is 4.49. The molecule has 8 heteroatoms. The van der Waals surface area contributed by atoms with Gasteiger partial charge in [0.2, 0.25) is 0 Å². The Kier molecular flexibility index (Phi) is 8.36. The van der Waals surface area contributed by atoms with Crippen molar-refractivity contribution in [2.45, 2.75) is 31.7 Å². The fourth-order valence-electron chi connectivity index (χ4n) is 3.27. The van der Waals surface area contributed by atoms with Crippen molar-refractivity contribution in [1.29, 1.82) is 0 Å². The van der Waals surface area contributed by atoms with E-state index in [1.54, 1.807) is 31.8 Å². The SMILES string of the molecule is COc1ccc(C(=NOCCCCC(=O)O)C(Cc2ccc(F)cc2)n2ccnc2)cc1. The quantitative estimate of drug-likeness (QED) is 0.255. The molecule has 1 atom stereocenters. The van der Waals surface area contributed by atoms with Gasteiger partial charge in [0.25, 0.3) is 0 Å². The highest BCUT2D eigenvalue weighted by Gasteiger charge is 2.22. The number of hydrogen-bond acceptors (Lipinski definition) is 5. The third-order valence-corrected chi connectivity index (χ3v) is 4.97. The van der Waals surface area contributed by atoms with Crippen molar-refractivity contribution >= 4 is 11.7 Å². The van der Waals surface area contributed by atoms with Crippen LogP contribution in [-0.4, -0.2) is 40.1 Å². The van der Waals surface area contributed by atoms with Crippen LogP contribution in [0.4, 0.5) is 4.39 Å². The number of carboxylic acid groups (broad SMARTS) is 1. The molecular formula is C24H26FN3O4. The summed E-state index contributed by atoms with van der Waals surface area (Å²) in [6, 6.07) is 13.6. The van der Waals surface area contributed by atoms with Gasteiger partial charge in [0, 0.05) is 24.4 Å². The summed E-state index contributed by atoms with van der Waals surface area (Å²) in [5, 5.41) is 13.2. The molecule has 32 heavy (non-hydrogen) atoms. The minimum atomic E-state index is -0.827. The molecule has 3 aromatic rings. The number of aliphatic carboxylic acids is 1. The molecular weight excluding hydrogens is 413 g/mol. The first-order chi connectivity index (χ1) is 15.6. The van der Waals surface area contributed by atoms with E-state index < -0.39 is 5.97 Å². The number of oxime groups is 1. The number of halogens is 1. The molecule has 1 aromatic heterocycles. The second-order valence-electron chi connectivity index (χ2n) is 7.25. The van der Waals surface area contributed by atoms with Gasteiger partial charge in [-0.3, -0.25) is 4.79 Å². The predicted molar refractivity (Wildman–Crippen MR) is 118 cm³/mol. The molecule has 1 N–H and O–H groups in total. The van der Waals surface area contributed by atoms with E-state index in [9.17, 15) is 9.18 Å². The number of ether oxygens (including phenoxy) is 1. The van der Waals surface area contributed by atoms with E-state index in [1.165, 1.54) is 12.1 Å². The van der Waals surface area contributed by atoms with Gasteiger partial charge in [-0.2, -0.15) is 0 Å². The first kappa shape index (κ1) is 23.0. The second kappa shape index (κ2) is 11.6. The number of aromatic nitrogens is 2. The van der Waals surface area contributed by atoms with Gasteiger partial charge in [0.1, 0.15) is 23.9 Å². The van der Waals surface area contributed by atoms with Gasteiger partial charge in [0.05, 0.1) is 19.5 Å². The normalized spacial score (nSPS) is 12.4. The zero-order valence-electron chi connectivity index (χ0n) is 17.9. The minimum Gasteiger partial charge on any atom is -0.497 e. The van der Waals surface area contributed by atoms with Crippen LogP contribution in [0.25, 0.3) is 0 Å². The molecule has 1 unspecified atom stereocenters. The molecule has 0 spiro atoms. The minimum absolute atomic E-state index is 0.0979. The van der Waals surface area contributed by atoms with Crippen molar-refractivity contribution in [3.63, 3.8) is 0 Å². The molecule has 0 aliphatic rings. The molecule has 0 aliphatic heterocycles. The number of rotatable bonds is 12. The standard InChI is InChI=1S/C24H26FN3O4/c1-31-21-11-7-19(8-12-21)24(27-32-15-3-2-4-23(29)30)22(28-14-13-26-17-28)16-18-5-9-20(25)10-6-18/h5-14,17,22H,2-4,15-16H2,1H3,(H,29,30). The van der Waals surface area contributed by atoms with Crippen LogP contribution in [0.2, 0.25) is 0 Å². The molecule has 0 amide bonds. The Labute approximate surface area is 186 Å². The summed E-state index contributed by atoms with van der Waals surface area (Å²) in [4.78, 5) is 20.4. The summed E-state index contributed by atoms with van der Waals surface area (Å²) >= 11 is 0. The maximum absolute atomic E-state index is 13.4. The van der Waals surface area contributed by atoms with Gasteiger partial charge >= 0.3 is 5.97 Å². The Morgan fingerprint density at radius 2 is 1.91 bits per heavy atom. The third-order valence-electron chi connectivity index (χ3n) is 4.97. The van der Waals surface area contributed by atoms with Crippen LogP contribution in [0.3, 0.4) is 0 Å². The molecule has 2 aromatic carbocycles. The summed E-state index contributed by atoms with van der Waals surface area (Å²) in [7, 11) is 1.60. The number of imidazole rings is 1. The van der Waals surface area contributed by atoms with Crippen molar-refractivity contribution in [1.82, 2.24) is 9.55 Å². The third kappa shape index (κ3) is 6.66. The first-order valence-electron chi connectivity index (χ1n) is 10.3. The van der Waals surface area contributed by atoms with Crippen LogP contribution in [0.15, 0.2) is 72.4 Å². The highest BCUT2D eigenvalue weighted by atomic mass is 19.1. The van der Waals surface area contributed by atoms with Gasteiger partial charge < -0.3 is 19.2 Å². The van der Waals surface area contributed by atoms with Crippen LogP contribution >= 0.6 is 0 Å². The highest BCUT2D eigenvalue weighted by Crippen LogP contribution is 2.23. The Bertz CT molecular complexity index is 1000. The summed E-state index contributed by atoms with van der Waals surface area (Å²) in [5.41, 5.74) is 2.46. The molecule has 7 nitrogen and oxygen atoms in total. The Morgan fingerprint density at radius 1 is 1.16 bits per heavy atom.